The van der Waals surface area contributed by atoms with Gasteiger partial charge in [0, 0.05) is 19.6 Å². The van der Waals surface area contributed by atoms with Crippen LogP contribution in [-0.2, 0) is 25.0 Å². The number of aliphatic hydroxyl groups is 1. The van der Waals surface area contributed by atoms with Crippen molar-refractivity contribution in [2.45, 2.75) is 38.3 Å². The molecule has 2 aromatic carbocycles. The standard InChI is InChI=1S/C24H31N3O3.HI/c1-4-25-23(26-16-24(28)11-9-17-7-5-6-8-20(17)24)27-12-10-18-13-21(29-2)22(30-3)14-19(18)15-27;/h5-8,13-14,28H,4,9-12,15-16H2,1-3H3,(H,25,26);1H. The minimum atomic E-state index is -0.887. The lowest BCUT2D eigenvalue weighted by atomic mass is 9.96. The Bertz CT molecular complexity index is 950. The van der Waals surface area contributed by atoms with Crippen LogP contribution in [0, 0.1) is 0 Å². The predicted octanol–water partition coefficient (Wildman–Crippen LogP) is 3.48. The lowest BCUT2D eigenvalue weighted by Gasteiger charge is -2.33. The van der Waals surface area contributed by atoms with Gasteiger partial charge in [0.15, 0.2) is 17.5 Å². The van der Waals surface area contributed by atoms with E-state index in [1.165, 1.54) is 16.7 Å². The maximum atomic E-state index is 11.3. The second kappa shape index (κ2) is 10.1. The largest absolute Gasteiger partial charge is 0.493 e. The topological polar surface area (TPSA) is 66.3 Å². The molecule has 1 aliphatic carbocycles. The van der Waals surface area contributed by atoms with Crippen molar-refractivity contribution in [3.8, 4) is 11.5 Å². The van der Waals surface area contributed by atoms with Crippen molar-refractivity contribution in [2.75, 3.05) is 33.9 Å². The molecule has 1 unspecified atom stereocenters. The number of ether oxygens (including phenoxy) is 2. The van der Waals surface area contributed by atoms with E-state index in [9.17, 15) is 5.11 Å². The first-order valence-electron chi connectivity index (χ1n) is 10.7. The Kier molecular flexibility index (Phi) is 7.69. The number of rotatable bonds is 5. The fraction of sp³-hybridized carbons (Fsp3) is 0.458. The summed E-state index contributed by atoms with van der Waals surface area (Å²) in [5, 5.41) is 14.7. The molecule has 31 heavy (non-hydrogen) atoms. The van der Waals surface area contributed by atoms with Crippen LogP contribution in [0.3, 0.4) is 0 Å². The van der Waals surface area contributed by atoms with Crippen molar-refractivity contribution in [1.82, 2.24) is 10.2 Å². The molecular formula is C24H32IN3O3. The zero-order valence-corrected chi connectivity index (χ0v) is 20.8. The van der Waals surface area contributed by atoms with Crippen LogP contribution in [0.5, 0.6) is 11.5 Å². The summed E-state index contributed by atoms with van der Waals surface area (Å²) in [6.45, 7) is 4.82. The van der Waals surface area contributed by atoms with Crippen LogP contribution in [-0.4, -0.2) is 49.8 Å². The van der Waals surface area contributed by atoms with Crippen molar-refractivity contribution in [1.29, 1.82) is 0 Å². The smallest absolute Gasteiger partial charge is 0.194 e. The highest BCUT2D eigenvalue weighted by atomic mass is 127. The molecule has 1 atom stereocenters. The second-order valence-corrected chi connectivity index (χ2v) is 8.01. The molecule has 1 heterocycles. The summed E-state index contributed by atoms with van der Waals surface area (Å²) in [7, 11) is 3.33. The zero-order valence-electron chi connectivity index (χ0n) is 18.5. The zero-order chi connectivity index (χ0) is 21.1. The van der Waals surface area contributed by atoms with Gasteiger partial charge in [-0.15, -0.1) is 24.0 Å². The molecule has 2 N–H and O–H groups in total. The van der Waals surface area contributed by atoms with E-state index in [0.717, 1.165) is 61.9 Å². The molecule has 0 fully saturated rings. The first-order chi connectivity index (χ1) is 14.6. The molecule has 6 nitrogen and oxygen atoms in total. The van der Waals surface area contributed by atoms with E-state index >= 15 is 0 Å². The first-order valence-corrected chi connectivity index (χ1v) is 10.7. The van der Waals surface area contributed by atoms with Gasteiger partial charge in [-0.25, -0.2) is 4.99 Å². The monoisotopic (exact) mass is 537 g/mol. The van der Waals surface area contributed by atoms with E-state index < -0.39 is 5.60 Å². The number of methoxy groups -OCH3 is 2. The number of nitrogens with zero attached hydrogens (tertiary/aromatic N) is 2. The molecule has 0 radical (unpaired) electrons. The normalized spacial score (nSPS) is 19.9. The van der Waals surface area contributed by atoms with Gasteiger partial charge in [0.25, 0.3) is 0 Å². The third-order valence-corrected chi connectivity index (χ3v) is 6.17. The summed E-state index contributed by atoms with van der Waals surface area (Å²) in [4.78, 5) is 7.12. The quantitative estimate of drug-likeness (QED) is 0.348. The fourth-order valence-electron chi connectivity index (χ4n) is 4.53. The van der Waals surface area contributed by atoms with Gasteiger partial charge in [-0.1, -0.05) is 24.3 Å². The van der Waals surface area contributed by atoms with Crippen LogP contribution in [0.1, 0.15) is 35.6 Å². The van der Waals surface area contributed by atoms with Crippen molar-refractivity contribution in [3.63, 3.8) is 0 Å². The van der Waals surface area contributed by atoms with Crippen LogP contribution < -0.4 is 14.8 Å². The van der Waals surface area contributed by atoms with Crippen molar-refractivity contribution in [2.24, 2.45) is 4.99 Å². The minimum Gasteiger partial charge on any atom is -0.493 e. The summed E-state index contributed by atoms with van der Waals surface area (Å²) < 4.78 is 10.9. The third kappa shape index (κ3) is 4.77. The molecule has 0 aromatic heterocycles. The van der Waals surface area contributed by atoms with Gasteiger partial charge < -0.3 is 24.8 Å². The summed E-state index contributed by atoms with van der Waals surface area (Å²) >= 11 is 0. The van der Waals surface area contributed by atoms with Crippen molar-refractivity contribution >= 4 is 29.9 Å². The van der Waals surface area contributed by atoms with Gasteiger partial charge in [-0.2, -0.15) is 0 Å². The highest BCUT2D eigenvalue weighted by molar-refractivity contribution is 14.0. The second-order valence-electron chi connectivity index (χ2n) is 8.01. The van der Waals surface area contributed by atoms with Crippen LogP contribution in [0.25, 0.3) is 0 Å². The Labute approximate surface area is 201 Å². The summed E-state index contributed by atoms with van der Waals surface area (Å²) in [5.41, 5.74) is 3.86. The first kappa shape index (κ1) is 23.7. The van der Waals surface area contributed by atoms with Gasteiger partial charge >= 0.3 is 0 Å². The van der Waals surface area contributed by atoms with Crippen LogP contribution >= 0.6 is 24.0 Å². The van der Waals surface area contributed by atoms with E-state index in [1.54, 1.807) is 14.2 Å². The Morgan fingerprint density at radius 3 is 2.52 bits per heavy atom. The Hall–Kier alpha value is -2.00. The van der Waals surface area contributed by atoms with Gasteiger partial charge in [-0.3, -0.25) is 0 Å². The number of aliphatic imine (C=N–C) groups is 1. The number of nitrogens with one attached hydrogen (secondary N) is 1. The molecule has 4 rings (SSSR count). The lowest BCUT2D eigenvalue weighted by molar-refractivity contribution is 0.0482. The SMILES string of the molecule is CCNC(=NCC1(O)CCc2ccccc21)N1CCc2cc(OC)c(OC)cc2C1.I. The van der Waals surface area contributed by atoms with Crippen molar-refractivity contribution < 1.29 is 14.6 Å². The molecule has 2 aliphatic rings. The van der Waals surface area contributed by atoms with Crippen molar-refractivity contribution in [3.05, 3.63) is 58.7 Å². The number of guanidine groups is 1. The number of hydrogen-bond acceptors (Lipinski definition) is 4. The Morgan fingerprint density at radius 2 is 1.81 bits per heavy atom. The van der Waals surface area contributed by atoms with Crippen LogP contribution in [0.4, 0.5) is 0 Å². The minimum absolute atomic E-state index is 0. The molecule has 0 amide bonds. The average Bonchev–Trinajstić information content (AvgIpc) is 3.12. The molecule has 0 spiro atoms. The molecule has 168 valence electrons. The number of halogens is 1. The third-order valence-electron chi connectivity index (χ3n) is 6.17. The maximum Gasteiger partial charge on any atom is 0.194 e. The molecular weight excluding hydrogens is 505 g/mol. The van der Waals surface area contributed by atoms with E-state index in [0.29, 0.717) is 6.54 Å². The fourth-order valence-corrected chi connectivity index (χ4v) is 4.53. The van der Waals surface area contributed by atoms with E-state index in [-0.39, 0.29) is 24.0 Å². The molecule has 7 heteroatoms. The number of aryl methyl sites for hydroxylation is 1. The van der Waals surface area contributed by atoms with Crippen LogP contribution in [0.2, 0.25) is 0 Å². The molecule has 0 bridgehead atoms. The van der Waals surface area contributed by atoms with E-state index in [4.69, 9.17) is 14.5 Å². The number of fused-ring (bicyclic) bond motifs is 2. The Balaban J connectivity index is 0.00000272. The highest BCUT2D eigenvalue weighted by Crippen LogP contribution is 2.37. The molecule has 0 saturated heterocycles. The summed E-state index contributed by atoms with van der Waals surface area (Å²) in [6.07, 6.45) is 2.53. The molecule has 2 aromatic rings. The average molecular weight is 537 g/mol. The summed E-state index contributed by atoms with van der Waals surface area (Å²) in [6, 6.07) is 12.3. The van der Waals surface area contributed by atoms with Gasteiger partial charge in [0.2, 0.25) is 0 Å². The van der Waals surface area contributed by atoms with Crippen LogP contribution in [0.15, 0.2) is 41.4 Å². The predicted molar refractivity (Wildman–Crippen MR) is 134 cm³/mol. The molecule has 0 saturated carbocycles. The number of benzene rings is 2. The lowest BCUT2D eigenvalue weighted by Crippen LogP contribution is -2.44. The van der Waals surface area contributed by atoms with Gasteiger partial charge in [0.1, 0.15) is 5.60 Å². The number of hydrogen-bond donors (Lipinski definition) is 2. The van der Waals surface area contributed by atoms with E-state index in [2.05, 4.69) is 35.3 Å². The molecule has 1 aliphatic heterocycles. The maximum absolute atomic E-state index is 11.3. The Morgan fingerprint density at radius 1 is 1.10 bits per heavy atom. The van der Waals surface area contributed by atoms with Gasteiger partial charge in [-0.05, 0) is 60.6 Å². The van der Waals surface area contributed by atoms with Gasteiger partial charge in [0.05, 0.1) is 20.8 Å². The summed E-state index contributed by atoms with van der Waals surface area (Å²) in [5.74, 6) is 2.36. The van der Waals surface area contributed by atoms with E-state index in [1.807, 2.05) is 18.2 Å². The highest BCUT2D eigenvalue weighted by Gasteiger charge is 2.36.